The quantitative estimate of drug-likeness (QED) is 0.705. The Kier molecular flexibility index (Phi) is 2.78. The molecule has 0 aliphatic carbocycles. The van der Waals surface area contributed by atoms with Crippen LogP contribution in [0.2, 0.25) is 0 Å². The predicted molar refractivity (Wildman–Crippen MR) is 70.2 cm³/mol. The molecule has 0 radical (unpaired) electrons. The van der Waals surface area contributed by atoms with Crippen LogP contribution in [0.25, 0.3) is 21.1 Å². The first-order valence-corrected chi connectivity index (χ1v) is 6.31. The van der Waals surface area contributed by atoms with Gasteiger partial charge >= 0.3 is 0 Å². The van der Waals surface area contributed by atoms with Crippen molar-refractivity contribution in [2.24, 2.45) is 0 Å². The number of benzene rings is 1. The van der Waals surface area contributed by atoms with E-state index in [4.69, 9.17) is 0 Å². The summed E-state index contributed by atoms with van der Waals surface area (Å²) in [5.41, 5.74) is 1.64. The Morgan fingerprint density at radius 1 is 0.944 bits per heavy atom. The number of thiazole rings is 1. The molecule has 0 saturated heterocycles. The molecule has 0 saturated carbocycles. The zero-order valence-electron chi connectivity index (χ0n) is 9.41. The van der Waals surface area contributed by atoms with Crippen molar-refractivity contribution in [1.82, 2.24) is 9.97 Å². The van der Waals surface area contributed by atoms with Gasteiger partial charge in [0.15, 0.2) is 0 Å². The van der Waals surface area contributed by atoms with Gasteiger partial charge in [-0.2, -0.15) is 0 Å². The molecule has 0 fully saturated rings. The van der Waals surface area contributed by atoms with Gasteiger partial charge in [-0.05, 0) is 17.7 Å². The Hall–Kier alpha value is -2.20. The van der Waals surface area contributed by atoms with Gasteiger partial charge in [0.05, 0.1) is 5.69 Å². The number of hydrogen-bond donors (Lipinski definition) is 0. The third kappa shape index (κ3) is 1.98. The molecule has 3 rings (SSSR count). The highest BCUT2D eigenvalue weighted by Gasteiger charge is 2.08. The summed E-state index contributed by atoms with van der Waals surface area (Å²) in [5, 5.41) is 12.6. The third-order valence-electron chi connectivity index (χ3n) is 2.52. The van der Waals surface area contributed by atoms with Crippen LogP contribution in [0.4, 0.5) is 0 Å². The number of aromatic nitrogens is 2. The molecule has 0 aliphatic heterocycles. The normalized spacial score (nSPS) is 10.4. The van der Waals surface area contributed by atoms with Crippen LogP contribution in [0.15, 0.2) is 54.7 Å². The molecular weight excluding hydrogens is 244 g/mol. The summed E-state index contributed by atoms with van der Waals surface area (Å²) in [4.78, 5) is 8.93. The summed E-state index contributed by atoms with van der Waals surface area (Å²) >= 11 is 1.38. The van der Waals surface area contributed by atoms with Crippen LogP contribution < -0.4 is 5.11 Å². The van der Waals surface area contributed by atoms with E-state index in [0.717, 1.165) is 11.3 Å². The Morgan fingerprint density at radius 2 is 1.72 bits per heavy atom. The molecule has 0 aliphatic rings. The van der Waals surface area contributed by atoms with Crippen molar-refractivity contribution < 1.29 is 5.11 Å². The lowest BCUT2D eigenvalue weighted by molar-refractivity contribution is -0.273. The number of pyridine rings is 1. The van der Waals surface area contributed by atoms with Gasteiger partial charge in [-0.25, -0.2) is 0 Å². The van der Waals surface area contributed by atoms with E-state index in [0.29, 0.717) is 9.88 Å². The topological polar surface area (TPSA) is 48.8 Å². The molecule has 3 nitrogen and oxygen atoms in total. The average Bonchev–Trinajstić information content (AvgIpc) is 2.83. The van der Waals surface area contributed by atoms with E-state index in [1.165, 1.54) is 11.3 Å². The lowest BCUT2D eigenvalue weighted by Crippen LogP contribution is -1.91. The zero-order valence-corrected chi connectivity index (χ0v) is 10.2. The maximum atomic E-state index is 11.9. The minimum atomic E-state index is -0.188. The summed E-state index contributed by atoms with van der Waals surface area (Å²) in [6.07, 6.45) is 1.70. The summed E-state index contributed by atoms with van der Waals surface area (Å²) in [5.74, 6) is -0.188. The second-order valence-electron chi connectivity index (χ2n) is 3.73. The highest BCUT2D eigenvalue weighted by atomic mass is 32.1. The van der Waals surface area contributed by atoms with E-state index >= 15 is 0 Å². The molecule has 2 heterocycles. The summed E-state index contributed by atoms with van der Waals surface area (Å²) < 4.78 is 0. The van der Waals surface area contributed by atoms with Gasteiger partial charge in [-0.1, -0.05) is 36.4 Å². The molecule has 0 spiro atoms. The van der Waals surface area contributed by atoms with Crippen molar-refractivity contribution in [3.8, 4) is 27.0 Å². The first-order chi connectivity index (χ1) is 8.84. The van der Waals surface area contributed by atoms with Gasteiger partial charge < -0.3 is 5.11 Å². The van der Waals surface area contributed by atoms with Crippen molar-refractivity contribution in [3.63, 3.8) is 0 Å². The lowest BCUT2D eigenvalue weighted by Gasteiger charge is -2.03. The van der Waals surface area contributed by atoms with Crippen LogP contribution in [0.5, 0.6) is 5.88 Å². The second kappa shape index (κ2) is 4.58. The van der Waals surface area contributed by atoms with Gasteiger partial charge in [0.25, 0.3) is 0 Å². The fraction of sp³-hybridized carbons (Fsp3) is 0. The van der Waals surface area contributed by atoms with E-state index in [9.17, 15) is 5.11 Å². The Bertz CT molecular complexity index is 650. The van der Waals surface area contributed by atoms with E-state index in [1.807, 2.05) is 48.5 Å². The van der Waals surface area contributed by atoms with Crippen LogP contribution in [-0.4, -0.2) is 9.97 Å². The van der Waals surface area contributed by atoms with Gasteiger partial charge in [0.2, 0.25) is 0 Å². The van der Waals surface area contributed by atoms with Crippen molar-refractivity contribution >= 4 is 11.3 Å². The van der Waals surface area contributed by atoms with Crippen LogP contribution in [0.3, 0.4) is 0 Å². The summed E-state index contributed by atoms with van der Waals surface area (Å²) in [7, 11) is 0. The highest BCUT2D eigenvalue weighted by Crippen LogP contribution is 2.36. The largest absolute Gasteiger partial charge is 0.858 e. The minimum absolute atomic E-state index is 0.188. The molecule has 4 heteroatoms. The molecule has 3 aromatic rings. The van der Waals surface area contributed by atoms with Crippen LogP contribution >= 0.6 is 11.3 Å². The Labute approximate surface area is 108 Å². The van der Waals surface area contributed by atoms with Crippen molar-refractivity contribution in [1.29, 1.82) is 0 Å². The van der Waals surface area contributed by atoms with Gasteiger partial charge in [0.1, 0.15) is 5.01 Å². The highest BCUT2D eigenvalue weighted by molar-refractivity contribution is 7.18. The SMILES string of the molecule is [O-]c1nc(-c2ccccn2)sc1-c1ccccc1. The maximum Gasteiger partial charge on any atom is 0.141 e. The van der Waals surface area contributed by atoms with E-state index in [-0.39, 0.29) is 5.88 Å². The average molecular weight is 253 g/mol. The molecule has 0 unspecified atom stereocenters. The molecule has 0 amide bonds. The molecule has 0 atom stereocenters. The van der Waals surface area contributed by atoms with E-state index in [2.05, 4.69) is 9.97 Å². The van der Waals surface area contributed by atoms with Crippen LogP contribution in [0.1, 0.15) is 0 Å². The molecule has 0 bridgehead atoms. The molecule has 88 valence electrons. The van der Waals surface area contributed by atoms with Crippen molar-refractivity contribution in [2.45, 2.75) is 0 Å². The summed E-state index contributed by atoms with van der Waals surface area (Å²) in [6, 6.07) is 15.2. The molecular formula is C14H9N2OS-. The monoisotopic (exact) mass is 253 g/mol. The maximum absolute atomic E-state index is 11.9. The van der Waals surface area contributed by atoms with Gasteiger partial charge in [-0.15, -0.1) is 11.3 Å². The molecule has 18 heavy (non-hydrogen) atoms. The second-order valence-corrected chi connectivity index (χ2v) is 4.73. The Morgan fingerprint density at radius 3 is 2.44 bits per heavy atom. The molecule has 2 aromatic heterocycles. The molecule has 0 N–H and O–H groups in total. The number of nitrogens with zero attached hydrogens (tertiary/aromatic N) is 2. The first kappa shape index (κ1) is 10.9. The number of hydrogen-bond acceptors (Lipinski definition) is 4. The fourth-order valence-electron chi connectivity index (χ4n) is 1.68. The van der Waals surface area contributed by atoms with Crippen molar-refractivity contribution in [3.05, 3.63) is 54.7 Å². The van der Waals surface area contributed by atoms with Gasteiger partial charge in [-0.3, -0.25) is 9.97 Å². The lowest BCUT2D eigenvalue weighted by atomic mass is 10.2. The Balaban J connectivity index is 2.07. The standard InChI is InChI=1S/C14H10N2OS/c17-13-12(10-6-2-1-3-7-10)18-14(16-13)11-8-4-5-9-15-11/h1-9,17H/p-1. The van der Waals surface area contributed by atoms with E-state index < -0.39 is 0 Å². The van der Waals surface area contributed by atoms with Crippen LogP contribution in [0, 0.1) is 0 Å². The van der Waals surface area contributed by atoms with Gasteiger partial charge in [0, 0.05) is 17.0 Å². The van der Waals surface area contributed by atoms with Crippen LogP contribution in [-0.2, 0) is 0 Å². The molecule has 1 aromatic carbocycles. The minimum Gasteiger partial charge on any atom is -0.858 e. The van der Waals surface area contributed by atoms with E-state index in [1.54, 1.807) is 6.20 Å². The number of rotatable bonds is 2. The predicted octanol–water partition coefficient (Wildman–Crippen LogP) is 2.95. The zero-order chi connectivity index (χ0) is 12.4. The first-order valence-electron chi connectivity index (χ1n) is 5.49. The fourth-order valence-corrected chi connectivity index (χ4v) is 2.61. The third-order valence-corrected chi connectivity index (χ3v) is 3.62. The smallest absolute Gasteiger partial charge is 0.141 e. The van der Waals surface area contributed by atoms with Crippen molar-refractivity contribution in [2.75, 3.05) is 0 Å². The summed E-state index contributed by atoms with van der Waals surface area (Å²) in [6.45, 7) is 0.